The van der Waals surface area contributed by atoms with E-state index in [1.54, 1.807) is 0 Å². The molecule has 1 aliphatic heterocycles. The zero-order valence-corrected chi connectivity index (χ0v) is 11.9. The van der Waals surface area contributed by atoms with E-state index < -0.39 is 0 Å². The minimum atomic E-state index is 0.0880. The maximum absolute atomic E-state index is 9.09. The molecular formula is C14H23N5. The molecule has 2 rings (SSSR count). The lowest BCUT2D eigenvalue weighted by atomic mass is 10.1. The third kappa shape index (κ3) is 3.55. The van der Waals surface area contributed by atoms with E-state index >= 15 is 0 Å². The van der Waals surface area contributed by atoms with Crippen molar-refractivity contribution in [3.8, 4) is 6.07 Å². The Balaban J connectivity index is 1.82. The van der Waals surface area contributed by atoms with Crippen LogP contribution in [0, 0.1) is 11.3 Å². The Kier molecular flexibility index (Phi) is 4.94. The Morgan fingerprint density at radius 2 is 2.05 bits per heavy atom. The van der Waals surface area contributed by atoms with Gasteiger partial charge in [0.2, 0.25) is 0 Å². The Morgan fingerprint density at radius 1 is 1.32 bits per heavy atom. The second-order valence-electron chi connectivity index (χ2n) is 5.07. The number of rotatable bonds is 5. The average Bonchev–Trinajstić information content (AvgIpc) is 2.90. The van der Waals surface area contributed by atoms with Crippen LogP contribution < -0.4 is 0 Å². The first kappa shape index (κ1) is 14.0. The molecule has 1 atom stereocenters. The molecule has 0 aromatic carbocycles. The number of hydrogen-bond donors (Lipinski definition) is 0. The van der Waals surface area contributed by atoms with Crippen LogP contribution in [0.2, 0.25) is 0 Å². The first-order chi connectivity index (χ1) is 9.26. The van der Waals surface area contributed by atoms with Crippen molar-refractivity contribution < 1.29 is 0 Å². The van der Waals surface area contributed by atoms with Gasteiger partial charge in [-0.2, -0.15) is 10.4 Å². The van der Waals surface area contributed by atoms with Crippen molar-refractivity contribution in [1.29, 1.82) is 5.26 Å². The Labute approximate surface area is 115 Å². The SMILES string of the molecule is CCC(C#N)N1CCN(Cc2cnn(CC)c2)CC1. The molecule has 1 saturated heterocycles. The fourth-order valence-electron chi connectivity index (χ4n) is 2.58. The predicted molar refractivity (Wildman–Crippen MR) is 74.4 cm³/mol. The van der Waals surface area contributed by atoms with Crippen molar-refractivity contribution in [3.63, 3.8) is 0 Å². The van der Waals surface area contributed by atoms with Crippen molar-refractivity contribution in [2.24, 2.45) is 0 Å². The number of nitrogens with zero attached hydrogens (tertiary/aromatic N) is 5. The molecule has 1 unspecified atom stereocenters. The zero-order valence-electron chi connectivity index (χ0n) is 11.9. The van der Waals surface area contributed by atoms with Crippen LogP contribution in [0.5, 0.6) is 0 Å². The Hall–Kier alpha value is -1.38. The van der Waals surface area contributed by atoms with Crippen molar-refractivity contribution >= 4 is 0 Å². The van der Waals surface area contributed by atoms with Crippen molar-refractivity contribution in [1.82, 2.24) is 19.6 Å². The van der Waals surface area contributed by atoms with Crippen LogP contribution in [0.15, 0.2) is 12.4 Å². The van der Waals surface area contributed by atoms with E-state index in [-0.39, 0.29) is 6.04 Å². The molecule has 2 heterocycles. The summed E-state index contributed by atoms with van der Waals surface area (Å²) in [4.78, 5) is 4.74. The topological polar surface area (TPSA) is 48.1 Å². The summed E-state index contributed by atoms with van der Waals surface area (Å²) in [7, 11) is 0. The van der Waals surface area contributed by atoms with Crippen molar-refractivity contribution in [3.05, 3.63) is 18.0 Å². The minimum absolute atomic E-state index is 0.0880. The van der Waals surface area contributed by atoms with Gasteiger partial charge in [0.1, 0.15) is 0 Å². The molecule has 0 N–H and O–H groups in total. The van der Waals surface area contributed by atoms with Gasteiger partial charge in [0.05, 0.1) is 18.3 Å². The third-order valence-corrected chi connectivity index (χ3v) is 3.80. The van der Waals surface area contributed by atoms with Gasteiger partial charge in [0.15, 0.2) is 0 Å². The van der Waals surface area contributed by atoms with E-state index in [4.69, 9.17) is 5.26 Å². The van der Waals surface area contributed by atoms with Crippen LogP contribution in [0.4, 0.5) is 0 Å². The Bertz CT molecular complexity index is 425. The van der Waals surface area contributed by atoms with Crippen LogP contribution >= 0.6 is 0 Å². The Morgan fingerprint density at radius 3 is 2.58 bits per heavy atom. The first-order valence-corrected chi connectivity index (χ1v) is 7.14. The smallest absolute Gasteiger partial charge is 0.0976 e. The van der Waals surface area contributed by atoms with Crippen LogP contribution in [0.3, 0.4) is 0 Å². The molecule has 5 heteroatoms. The predicted octanol–water partition coefficient (Wildman–Crippen LogP) is 1.32. The lowest BCUT2D eigenvalue weighted by Gasteiger charge is -2.36. The van der Waals surface area contributed by atoms with E-state index in [2.05, 4.69) is 41.0 Å². The molecule has 19 heavy (non-hydrogen) atoms. The fourth-order valence-corrected chi connectivity index (χ4v) is 2.58. The summed E-state index contributed by atoms with van der Waals surface area (Å²) in [5.74, 6) is 0. The van der Waals surface area contributed by atoms with Gasteiger partial charge in [0, 0.05) is 51.0 Å². The van der Waals surface area contributed by atoms with Crippen LogP contribution in [-0.2, 0) is 13.1 Å². The molecule has 0 spiro atoms. The molecule has 0 amide bonds. The van der Waals surface area contributed by atoms with Gasteiger partial charge in [-0.05, 0) is 13.3 Å². The molecule has 104 valence electrons. The molecule has 1 aliphatic rings. The van der Waals surface area contributed by atoms with Crippen LogP contribution in [0.1, 0.15) is 25.8 Å². The van der Waals surface area contributed by atoms with E-state index in [9.17, 15) is 0 Å². The van der Waals surface area contributed by atoms with Crippen molar-refractivity contribution in [2.45, 2.75) is 39.4 Å². The summed E-state index contributed by atoms with van der Waals surface area (Å²) in [6.45, 7) is 10.1. The van der Waals surface area contributed by atoms with Crippen molar-refractivity contribution in [2.75, 3.05) is 26.2 Å². The van der Waals surface area contributed by atoms with E-state index in [1.165, 1.54) is 5.56 Å². The summed E-state index contributed by atoms with van der Waals surface area (Å²) in [6, 6.07) is 2.48. The second-order valence-corrected chi connectivity index (χ2v) is 5.07. The lowest BCUT2D eigenvalue weighted by Crippen LogP contribution is -2.49. The van der Waals surface area contributed by atoms with Gasteiger partial charge in [-0.25, -0.2) is 0 Å². The number of piperazine rings is 1. The molecule has 1 aromatic rings. The fraction of sp³-hybridized carbons (Fsp3) is 0.714. The maximum atomic E-state index is 9.09. The molecule has 0 aliphatic carbocycles. The summed E-state index contributed by atoms with van der Waals surface area (Å²) < 4.78 is 1.97. The number of aromatic nitrogens is 2. The zero-order chi connectivity index (χ0) is 13.7. The van der Waals surface area contributed by atoms with E-state index in [1.807, 2.05) is 10.9 Å². The maximum Gasteiger partial charge on any atom is 0.0976 e. The summed E-state index contributed by atoms with van der Waals surface area (Å²) in [5.41, 5.74) is 1.28. The number of nitriles is 1. The highest BCUT2D eigenvalue weighted by molar-refractivity contribution is 5.04. The van der Waals surface area contributed by atoms with Gasteiger partial charge in [-0.3, -0.25) is 14.5 Å². The summed E-state index contributed by atoms with van der Waals surface area (Å²) in [6.07, 6.45) is 5.00. The van der Waals surface area contributed by atoms with Gasteiger partial charge >= 0.3 is 0 Å². The number of hydrogen-bond acceptors (Lipinski definition) is 4. The van der Waals surface area contributed by atoms with Gasteiger partial charge in [0.25, 0.3) is 0 Å². The molecule has 1 aromatic heterocycles. The number of aryl methyl sites for hydroxylation is 1. The van der Waals surface area contributed by atoms with E-state index in [0.717, 1.165) is 45.7 Å². The molecule has 0 bridgehead atoms. The van der Waals surface area contributed by atoms with Crippen LogP contribution in [-0.4, -0.2) is 51.8 Å². The average molecular weight is 261 g/mol. The molecule has 0 saturated carbocycles. The highest BCUT2D eigenvalue weighted by atomic mass is 15.3. The highest BCUT2D eigenvalue weighted by Crippen LogP contribution is 2.11. The van der Waals surface area contributed by atoms with Gasteiger partial charge in [-0.15, -0.1) is 0 Å². The molecule has 5 nitrogen and oxygen atoms in total. The minimum Gasteiger partial charge on any atom is -0.296 e. The standard InChI is InChI=1S/C14H23N5/c1-3-14(9-15)18-7-5-17(6-8-18)11-13-10-16-19(4-2)12-13/h10,12,14H,3-8,11H2,1-2H3. The molecule has 1 fully saturated rings. The normalized spacial score (nSPS) is 19.2. The molecular weight excluding hydrogens is 238 g/mol. The molecule has 0 radical (unpaired) electrons. The van der Waals surface area contributed by atoms with Gasteiger partial charge in [-0.1, -0.05) is 6.92 Å². The lowest BCUT2D eigenvalue weighted by molar-refractivity contribution is 0.108. The summed E-state index contributed by atoms with van der Waals surface area (Å²) in [5, 5.41) is 13.4. The largest absolute Gasteiger partial charge is 0.296 e. The van der Waals surface area contributed by atoms with Gasteiger partial charge < -0.3 is 0 Å². The van der Waals surface area contributed by atoms with Crippen LogP contribution in [0.25, 0.3) is 0 Å². The highest BCUT2D eigenvalue weighted by Gasteiger charge is 2.22. The quantitative estimate of drug-likeness (QED) is 0.802. The monoisotopic (exact) mass is 261 g/mol. The second kappa shape index (κ2) is 6.69. The summed E-state index contributed by atoms with van der Waals surface area (Å²) >= 11 is 0. The third-order valence-electron chi connectivity index (χ3n) is 3.80. The first-order valence-electron chi connectivity index (χ1n) is 7.14. The van der Waals surface area contributed by atoms with E-state index in [0.29, 0.717) is 0 Å².